The van der Waals surface area contributed by atoms with Crippen LogP contribution in [0.3, 0.4) is 0 Å². The van der Waals surface area contributed by atoms with Crippen molar-refractivity contribution in [3.63, 3.8) is 0 Å². The molecule has 0 fully saturated rings. The van der Waals surface area contributed by atoms with Crippen LogP contribution in [0, 0.1) is 10.1 Å². The minimum atomic E-state index is -0.366. The number of nitrogens with zero attached hydrogens (tertiary/aromatic N) is 1. The van der Waals surface area contributed by atoms with Crippen LogP contribution >= 0.6 is 0 Å². The number of benzene rings is 1. The zero-order valence-electron chi connectivity index (χ0n) is 11.2. The number of non-ortho nitro benzene ring substituents is 1. The molecule has 1 rings (SSSR count). The highest BCUT2D eigenvalue weighted by molar-refractivity contribution is 5.58. The van der Waals surface area contributed by atoms with E-state index in [0.29, 0.717) is 5.69 Å². The number of nitrogens with two attached hydrogens (primary N) is 1. The number of nitro benzene ring substituents is 1. The number of hydrogen-bond donors (Lipinski definition) is 1. The molecule has 0 bridgehead atoms. The lowest BCUT2D eigenvalue weighted by atomic mass is 9.95. The van der Waals surface area contributed by atoms with E-state index in [4.69, 9.17) is 5.73 Å². The van der Waals surface area contributed by atoms with Crippen molar-refractivity contribution in [2.75, 3.05) is 5.73 Å². The standard InChI is InChI=1S/C14H22N2O2/c1-3-5-7-11-9-12(16(17)18)10-14(15)13(11)8-6-4-2/h9-10H,3-8,15H2,1-2H3. The lowest BCUT2D eigenvalue weighted by Gasteiger charge is -2.12. The normalized spacial score (nSPS) is 10.6. The van der Waals surface area contributed by atoms with Crippen LogP contribution in [0.1, 0.15) is 50.7 Å². The zero-order chi connectivity index (χ0) is 13.5. The van der Waals surface area contributed by atoms with Crippen LogP contribution in [-0.2, 0) is 12.8 Å². The number of hydrogen-bond acceptors (Lipinski definition) is 3. The van der Waals surface area contributed by atoms with Gasteiger partial charge in [-0.15, -0.1) is 0 Å². The van der Waals surface area contributed by atoms with E-state index in [1.807, 2.05) is 0 Å². The van der Waals surface area contributed by atoms with Gasteiger partial charge in [-0.3, -0.25) is 10.1 Å². The van der Waals surface area contributed by atoms with Gasteiger partial charge in [0.25, 0.3) is 5.69 Å². The van der Waals surface area contributed by atoms with Gasteiger partial charge in [0.1, 0.15) is 0 Å². The van der Waals surface area contributed by atoms with E-state index in [0.717, 1.165) is 49.7 Å². The SMILES string of the molecule is CCCCc1cc([N+](=O)[O-])cc(N)c1CCCC. The van der Waals surface area contributed by atoms with E-state index < -0.39 is 0 Å². The highest BCUT2D eigenvalue weighted by Crippen LogP contribution is 2.27. The average molecular weight is 250 g/mol. The minimum Gasteiger partial charge on any atom is -0.398 e. The molecule has 0 spiro atoms. The summed E-state index contributed by atoms with van der Waals surface area (Å²) in [7, 11) is 0. The molecule has 0 heterocycles. The summed E-state index contributed by atoms with van der Waals surface area (Å²) in [6.45, 7) is 4.25. The maximum absolute atomic E-state index is 10.9. The lowest BCUT2D eigenvalue weighted by Crippen LogP contribution is -2.03. The maximum atomic E-state index is 10.9. The third kappa shape index (κ3) is 3.72. The first-order chi connectivity index (χ1) is 8.60. The third-order valence-electron chi connectivity index (χ3n) is 3.15. The van der Waals surface area contributed by atoms with Crippen LogP contribution in [0.5, 0.6) is 0 Å². The van der Waals surface area contributed by atoms with Crippen LogP contribution in [0.15, 0.2) is 12.1 Å². The smallest absolute Gasteiger partial charge is 0.271 e. The van der Waals surface area contributed by atoms with Gasteiger partial charge < -0.3 is 5.73 Å². The minimum absolute atomic E-state index is 0.110. The highest BCUT2D eigenvalue weighted by Gasteiger charge is 2.14. The molecule has 0 saturated carbocycles. The Bertz CT molecular complexity index is 417. The summed E-state index contributed by atoms with van der Waals surface area (Å²) in [6, 6.07) is 3.18. The molecule has 0 atom stereocenters. The highest BCUT2D eigenvalue weighted by atomic mass is 16.6. The van der Waals surface area contributed by atoms with Crippen molar-refractivity contribution in [1.29, 1.82) is 0 Å². The Morgan fingerprint density at radius 2 is 1.78 bits per heavy atom. The molecule has 100 valence electrons. The van der Waals surface area contributed by atoms with Gasteiger partial charge in [0, 0.05) is 17.8 Å². The Kier molecular flexibility index (Phi) is 5.62. The fraction of sp³-hybridized carbons (Fsp3) is 0.571. The molecule has 0 aliphatic heterocycles. The molecule has 0 amide bonds. The Morgan fingerprint density at radius 3 is 2.33 bits per heavy atom. The van der Waals surface area contributed by atoms with Crippen LogP contribution in [0.25, 0.3) is 0 Å². The second-order valence-electron chi connectivity index (χ2n) is 4.64. The zero-order valence-corrected chi connectivity index (χ0v) is 11.2. The molecule has 0 saturated heterocycles. The van der Waals surface area contributed by atoms with Crippen LogP contribution in [0.4, 0.5) is 11.4 Å². The van der Waals surface area contributed by atoms with Crippen LogP contribution in [-0.4, -0.2) is 4.92 Å². The second-order valence-corrected chi connectivity index (χ2v) is 4.64. The molecule has 0 aromatic heterocycles. The van der Waals surface area contributed by atoms with Gasteiger partial charge in [0.05, 0.1) is 4.92 Å². The molecule has 0 aliphatic rings. The summed E-state index contributed by atoms with van der Waals surface area (Å²) in [4.78, 5) is 10.5. The van der Waals surface area contributed by atoms with Gasteiger partial charge in [-0.05, 0) is 36.8 Å². The first-order valence-corrected chi connectivity index (χ1v) is 6.65. The van der Waals surface area contributed by atoms with Gasteiger partial charge >= 0.3 is 0 Å². The first-order valence-electron chi connectivity index (χ1n) is 6.65. The van der Waals surface area contributed by atoms with Crippen molar-refractivity contribution in [3.05, 3.63) is 33.4 Å². The second kappa shape index (κ2) is 6.99. The first kappa shape index (κ1) is 14.5. The maximum Gasteiger partial charge on any atom is 0.271 e. The summed E-state index contributed by atoms with van der Waals surface area (Å²) in [5.41, 5.74) is 8.81. The Labute approximate surface area is 108 Å². The van der Waals surface area contributed by atoms with Crippen molar-refractivity contribution in [2.24, 2.45) is 0 Å². The lowest BCUT2D eigenvalue weighted by molar-refractivity contribution is -0.384. The van der Waals surface area contributed by atoms with Crippen molar-refractivity contribution in [1.82, 2.24) is 0 Å². The molecule has 18 heavy (non-hydrogen) atoms. The van der Waals surface area contributed by atoms with Crippen LogP contribution in [0.2, 0.25) is 0 Å². The molecule has 2 N–H and O–H groups in total. The number of nitro groups is 1. The number of rotatable bonds is 7. The molecule has 4 nitrogen and oxygen atoms in total. The molecule has 0 radical (unpaired) electrons. The monoisotopic (exact) mass is 250 g/mol. The molecule has 0 unspecified atom stereocenters. The number of anilines is 1. The predicted molar refractivity (Wildman–Crippen MR) is 74.7 cm³/mol. The molecule has 4 heteroatoms. The molecule has 1 aromatic rings. The summed E-state index contributed by atoms with van der Waals surface area (Å²) >= 11 is 0. The van der Waals surface area contributed by atoms with Gasteiger partial charge in [0.15, 0.2) is 0 Å². The van der Waals surface area contributed by atoms with E-state index in [-0.39, 0.29) is 10.6 Å². The Hall–Kier alpha value is -1.58. The van der Waals surface area contributed by atoms with Gasteiger partial charge in [-0.25, -0.2) is 0 Å². The van der Waals surface area contributed by atoms with E-state index in [2.05, 4.69) is 13.8 Å². The van der Waals surface area contributed by atoms with Crippen molar-refractivity contribution in [2.45, 2.75) is 52.4 Å². The quantitative estimate of drug-likeness (QED) is 0.454. The van der Waals surface area contributed by atoms with Gasteiger partial charge in [0.2, 0.25) is 0 Å². The average Bonchev–Trinajstić information content (AvgIpc) is 2.34. The number of nitrogen functional groups attached to an aromatic ring is 1. The Balaban J connectivity index is 3.08. The molecule has 1 aromatic carbocycles. The fourth-order valence-corrected chi connectivity index (χ4v) is 2.09. The van der Waals surface area contributed by atoms with E-state index >= 15 is 0 Å². The largest absolute Gasteiger partial charge is 0.398 e. The number of aryl methyl sites for hydroxylation is 1. The molecular weight excluding hydrogens is 228 g/mol. The summed E-state index contributed by atoms with van der Waals surface area (Å²) in [6.07, 6.45) is 6.08. The van der Waals surface area contributed by atoms with E-state index in [1.165, 1.54) is 6.07 Å². The van der Waals surface area contributed by atoms with Crippen molar-refractivity contribution >= 4 is 11.4 Å². The van der Waals surface area contributed by atoms with Crippen LogP contribution < -0.4 is 5.73 Å². The molecule has 0 aliphatic carbocycles. The topological polar surface area (TPSA) is 69.2 Å². The summed E-state index contributed by atoms with van der Waals surface area (Å²) < 4.78 is 0. The van der Waals surface area contributed by atoms with Crippen molar-refractivity contribution in [3.8, 4) is 0 Å². The van der Waals surface area contributed by atoms with E-state index in [1.54, 1.807) is 6.07 Å². The van der Waals surface area contributed by atoms with Gasteiger partial charge in [-0.1, -0.05) is 26.7 Å². The Morgan fingerprint density at radius 1 is 1.17 bits per heavy atom. The third-order valence-corrected chi connectivity index (χ3v) is 3.15. The van der Waals surface area contributed by atoms with E-state index in [9.17, 15) is 10.1 Å². The predicted octanol–water partition coefficient (Wildman–Crippen LogP) is 3.86. The van der Waals surface area contributed by atoms with Crippen molar-refractivity contribution < 1.29 is 4.92 Å². The molecular formula is C14H22N2O2. The van der Waals surface area contributed by atoms with Gasteiger partial charge in [-0.2, -0.15) is 0 Å². The summed E-state index contributed by atoms with van der Waals surface area (Å²) in [5.74, 6) is 0. The summed E-state index contributed by atoms with van der Waals surface area (Å²) in [5, 5.41) is 10.9. The number of unbranched alkanes of at least 4 members (excludes halogenated alkanes) is 2. The fourth-order valence-electron chi connectivity index (χ4n) is 2.09.